The number of carbonyl (C=O) groups is 3. The standard InChI is InChI=1S/C46H56N4O16S4/c1-45(2)35-28-33(69(60,61)62)12-14-37(35)48(22-6-26-67(54,55)56)39(45)16-10-30-8-5-9-31(43(30)47-24-20-32(21-25-47)44(53)66-50-41(51)18-19-42(50)52)11-17-40-46(3,4)36-29-34(70(63,64)65)13-15-38(36)49(40)23-7-27-68(57,58)59/h10-17,28-29,32H,5-9,18-27H2,1-4H3,(H3-,54,55,56,57,58,59,60,61,62,63,64,65). The third-order valence-corrected chi connectivity index (χ3v) is 16.9. The minimum absolute atomic E-state index is 0.00440. The summed E-state index contributed by atoms with van der Waals surface area (Å²) < 4.78 is 139. The van der Waals surface area contributed by atoms with Gasteiger partial charge in [-0.1, -0.05) is 39.8 Å². The molecule has 0 spiro atoms. The SMILES string of the molecule is CC1(C)/C(=C/C=C2\CCC/C(=C\C=C3/N(CCCS(=O)(=O)O)c4ccc(S(=O)(=O)O)cc4C3(C)C)C2=[N+]2CCC(C(=O)ON3C(=O)CCC3=O)CC2)N(CCCS(=O)(=O)O)c2ccc(S(=O)(=O)[O-])cc21. The maximum Gasteiger partial charge on any atom is 0.336 e. The topological polar surface area (TPSA) is 293 Å². The highest BCUT2D eigenvalue weighted by Crippen LogP contribution is 2.50. The Kier molecular flexibility index (Phi) is 14.7. The van der Waals surface area contributed by atoms with Gasteiger partial charge in [0.2, 0.25) is 5.71 Å². The van der Waals surface area contributed by atoms with E-state index in [-0.39, 0.29) is 43.7 Å². The Labute approximate surface area is 408 Å². The van der Waals surface area contributed by atoms with Gasteiger partial charge in [-0.3, -0.25) is 23.2 Å². The van der Waals surface area contributed by atoms with Crippen LogP contribution in [0.1, 0.15) is 96.6 Å². The molecule has 70 heavy (non-hydrogen) atoms. The molecule has 2 aromatic carbocycles. The lowest BCUT2D eigenvalue weighted by Crippen LogP contribution is -2.39. The summed E-state index contributed by atoms with van der Waals surface area (Å²) in [5.74, 6) is -3.59. The van der Waals surface area contributed by atoms with Crippen LogP contribution in [-0.4, -0.2) is 123 Å². The highest BCUT2D eigenvalue weighted by atomic mass is 32.2. The van der Waals surface area contributed by atoms with E-state index in [1.54, 1.807) is 0 Å². The number of nitrogens with zero attached hydrogens (tertiary/aromatic N) is 4. The maximum atomic E-state index is 13.3. The molecule has 0 aromatic heterocycles. The predicted octanol–water partition coefficient (Wildman–Crippen LogP) is 4.56. The number of imide groups is 1. The minimum Gasteiger partial charge on any atom is -0.744 e. The number of hydrogen-bond acceptors (Lipinski definition) is 15. The lowest BCUT2D eigenvalue weighted by molar-refractivity contribution is -0.539. The summed E-state index contributed by atoms with van der Waals surface area (Å²) >= 11 is 0. The Morgan fingerprint density at radius 2 is 1.14 bits per heavy atom. The van der Waals surface area contributed by atoms with Crippen LogP contribution in [0.5, 0.6) is 0 Å². The fourth-order valence-electron chi connectivity index (χ4n) is 10.1. The Bertz CT molecular complexity index is 2950. The lowest BCUT2D eigenvalue weighted by Gasteiger charge is -2.28. The second kappa shape index (κ2) is 19.5. The second-order valence-electron chi connectivity index (χ2n) is 19.1. The number of hydrogen-bond donors (Lipinski definition) is 3. The van der Waals surface area contributed by atoms with Crippen LogP contribution in [0.2, 0.25) is 0 Å². The summed E-state index contributed by atoms with van der Waals surface area (Å²) in [6.45, 7) is 8.33. The molecule has 3 fully saturated rings. The van der Waals surface area contributed by atoms with Gasteiger partial charge >= 0.3 is 5.97 Å². The second-order valence-corrected chi connectivity index (χ2v) is 25.0. The van der Waals surface area contributed by atoms with Gasteiger partial charge < -0.3 is 19.2 Å². The summed E-state index contributed by atoms with van der Waals surface area (Å²) in [5, 5.41) is 0.529. The van der Waals surface area contributed by atoms with Gasteiger partial charge in [0.1, 0.15) is 23.2 Å². The van der Waals surface area contributed by atoms with E-state index in [0.717, 1.165) is 16.9 Å². The molecule has 0 unspecified atom stereocenters. The Balaban J connectivity index is 1.33. The fourth-order valence-corrected chi connectivity index (χ4v) is 12.1. The molecule has 4 heterocycles. The van der Waals surface area contributed by atoms with E-state index < -0.39 is 91.4 Å². The van der Waals surface area contributed by atoms with Crippen molar-refractivity contribution in [3.63, 3.8) is 0 Å². The highest BCUT2D eigenvalue weighted by Gasteiger charge is 2.43. The smallest absolute Gasteiger partial charge is 0.336 e. The third kappa shape index (κ3) is 11.3. The van der Waals surface area contributed by atoms with E-state index in [2.05, 4.69) is 4.58 Å². The quantitative estimate of drug-likeness (QED) is 0.133. The van der Waals surface area contributed by atoms with Gasteiger partial charge in [0.05, 0.1) is 27.2 Å². The number of fused-ring (bicyclic) bond motifs is 2. The van der Waals surface area contributed by atoms with E-state index in [1.807, 2.05) is 61.8 Å². The van der Waals surface area contributed by atoms with Gasteiger partial charge in [0.15, 0.2) is 0 Å². The lowest BCUT2D eigenvalue weighted by atomic mass is 9.82. The number of piperidine rings is 1. The molecule has 20 nitrogen and oxygen atoms in total. The average Bonchev–Trinajstić information content (AvgIpc) is 3.77. The van der Waals surface area contributed by atoms with Crippen LogP contribution in [0.4, 0.5) is 11.4 Å². The molecule has 7 rings (SSSR count). The van der Waals surface area contributed by atoms with Crippen molar-refractivity contribution in [2.75, 3.05) is 47.5 Å². The van der Waals surface area contributed by atoms with E-state index in [9.17, 15) is 66.3 Å². The third-order valence-electron chi connectivity index (χ3n) is 13.6. The van der Waals surface area contributed by atoms with E-state index >= 15 is 0 Å². The van der Waals surface area contributed by atoms with Crippen LogP contribution < -0.4 is 9.80 Å². The molecule has 4 aliphatic heterocycles. The van der Waals surface area contributed by atoms with Crippen molar-refractivity contribution >= 4 is 75.3 Å². The molecular weight excluding hydrogens is 993 g/mol. The van der Waals surface area contributed by atoms with Crippen LogP contribution in [0.25, 0.3) is 0 Å². The zero-order chi connectivity index (χ0) is 51.4. The summed E-state index contributed by atoms with van der Waals surface area (Å²) in [5.41, 5.74) is 4.22. The summed E-state index contributed by atoms with van der Waals surface area (Å²) in [4.78, 5) is 46.0. The van der Waals surface area contributed by atoms with Crippen molar-refractivity contribution in [2.24, 2.45) is 5.92 Å². The van der Waals surface area contributed by atoms with Crippen molar-refractivity contribution in [3.8, 4) is 0 Å². The first-order valence-corrected chi connectivity index (χ1v) is 28.7. The van der Waals surface area contributed by atoms with Gasteiger partial charge in [-0.2, -0.15) is 25.3 Å². The first kappa shape index (κ1) is 52.7. The number of benzene rings is 2. The molecular formula is C46H56N4O16S4. The monoisotopic (exact) mass is 1050 g/mol. The van der Waals surface area contributed by atoms with Gasteiger partial charge in [-0.25, -0.2) is 17.8 Å². The first-order chi connectivity index (χ1) is 32.5. The molecule has 380 valence electrons. The van der Waals surface area contributed by atoms with Crippen LogP contribution in [0, 0.1) is 5.92 Å². The minimum atomic E-state index is -4.84. The highest BCUT2D eigenvalue weighted by molar-refractivity contribution is 7.86. The molecule has 2 saturated heterocycles. The van der Waals surface area contributed by atoms with Crippen molar-refractivity contribution in [3.05, 3.63) is 94.4 Å². The van der Waals surface area contributed by atoms with E-state index in [0.29, 0.717) is 84.2 Å². The van der Waals surface area contributed by atoms with Crippen molar-refractivity contribution < 1.29 is 75.7 Å². The Hall–Kier alpha value is -5.08. The molecule has 0 radical (unpaired) electrons. The zero-order valence-corrected chi connectivity index (χ0v) is 42.3. The van der Waals surface area contributed by atoms with Crippen molar-refractivity contribution in [2.45, 2.75) is 106 Å². The summed E-state index contributed by atoms with van der Waals surface area (Å²) in [6, 6.07) is 8.18. The summed E-state index contributed by atoms with van der Waals surface area (Å²) in [7, 11) is -18.1. The molecule has 24 heteroatoms. The Morgan fingerprint density at radius 1 is 0.700 bits per heavy atom. The number of rotatable bonds is 14. The Morgan fingerprint density at radius 3 is 1.57 bits per heavy atom. The van der Waals surface area contributed by atoms with E-state index in [1.165, 1.54) is 36.4 Å². The molecule has 3 N–H and O–H groups in total. The maximum absolute atomic E-state index is 13.3. The van der Waals surface area contributed by atoms with E-state index in [4.69, 9.17) is 4.84 Å². The molecule has 1 saturated carbocycles. The molecule has 5 aliphatic rings. The first-order valence-electron chi connectivity index (χ1n) is 22.7. The molecule has 2 aromatic rings. The fraction of sp³-hybridized carbons (Fsp3) is 0.478. The molecule has 1 aliphatic carbocycles. The van der Waals surface area contributed by atoms with Crippen molar-refractivity contribution in [1.82, 2.24) is 5.06 Å². The van der Waals surface area contributed by atoms with Crippen LogP contribution in [0.15, 0.2) is 93.0 Å². The average molecular weight is 1050 g/mol. The zero-order valence-electron chi connectivity index (χ0n) is 39.0. The molecule has 2 amide bonds. The molecule has 0 bridgehead atoms. The number of allylic oxidation sites excluding steroid dienone is 8. The molecule has 0 atom stereocenters. The van der Waals surface area contributed by atoms with Gasteiger partial charge in [-0.05, 0) is 91.8 Å². The van der Waals surface area contributed by atoms with Gasteiger partial charge in [0, 0.05) is 83.5 Å². The number of hydroxylamine groups is 2. The van der Waals surface area contributed by atoms with Crippen LogP contribution in [0.3, 0.4) is 0 Å². The number of amides is 2. The largest absolute Gasteiger partial charge is 0.744 e. The van der Waals surface area contributed by atoms with Crippen LogP contribution in [-0.2, 0) is 70.5 Å². The number of anilines is 2. The van der Waals surface area contributed by atoms with Gasteiger partial charge in [0.25, 0.3) is 42.2 Å². The van der Waals surface area contributed by atoms with Gasteiger partial charge in [-0.15, -0.1) is 5.06 Å². The normalized spacial score (nSPS) is 23.0. The number of carbonyl (C=O) groups excluding carboxylic acids is 3. The van der Waals surface area contributed by atoms with Crippen LogP contribution >= 0.6 is 0 Å². The van der Waals surface area contributed by atoms with Crippen molar-refractivity contribution in [1.29, 1.82) is 0 Å². The predicted molar refractivity (Wildman–Crippen MR) is 255 cm³/mol. The summed E-state index contributed by atoms with van der Waals surface area (Å²) in [6.07, 6.45) is 9.93.